The Morgan fingerprint density at radius 2 is 1.67 bits per heavy atom. The Morgan fingerprint density at radius 3 is 2.07 bits per heavy atom. The van der Waals surface area contributed by atoms with Crippen molar-refractivity contribution in [2.24, 2.45) is 5.92 Å². The molecule has 0 heterocycles. The quantitative estimate of drug-likeness (QED) is 0.812. The number of nitrogens with one attached hydrogen (secondary N) is 1. The van der Waals surface area contributed by atoms with Crippen molar-refractivity contribution in [2.75, 3.05) is 11.9 Å². The molecule has 15 heavy (non-hydrogen) atoms. The van der Waals surface area contributed by atoms with Gasteiger partial charge in [-0.25, -0.2) is 0 Å². The van der Waals surface area contributed by atoms with Crippen LogP contribution in [0.25, 0.3) is 0 Å². The van der Waals surface area contributed by atoms with Gasteiger partial charge in [0.05, 0.1) is 5.56 Å². The van der Waals surface area contributed by atoms with Crippen molar-refractivity contribution in [2.45, 2.75) is 20.0 Å². The number of anilines is 1. The van der Waals surface area contributed by atoms with E-state index in [2.05, 4.69) is 5.32 Å². The lowest BCUT2D eigenvalue weighted by Gasteiger charge is -2.10. The maximum atomic E-state index is 12.2. The lowest BCUT2D eigenvalue weighted by Crippen LogP contribution is -2.09. The van der Waals surface area contributed by atoms with Crippen molar-refractivity contribution in [3.05, 3.63) is 29.8 Å². The molecule has 84 valence electrons. The van der Waals surface area contributed by atoms with Gasteiger partial charge in [0.1, 0.15) is 0 Å². The molecular weight excluding hydrogens is 203 g/mol. The fourth-order valence-electron chi connectivity index (χ4n) is 1.10. The molecule has 0 aromatic heterocycles. The summed E-state index contributed by atoms with van der Waals surface area (Å²) >= 11 is 0. The second-order valence-corrected chi connectivity index (χ2v) is 3.85. The zero-order valence-corrected chi connectivity index (χ0v) is 8.73. The summed E-state index contributed by atoms with van der Waals surface area (Å²) in [5.74, 6) is 0.465. The van der Waals surface area contributed by atoms with Crippen molar-refractivity contribution in [1.29, 1.82) is 0 Å². The maximum absolute atomic E-state index is 12.2. The summed E-state index contributed by atoms with van der Waals surface area (Å²) in [7, 11) is 0. The predicted molar refractivity (Wildman–Crippen MR) is 54.8 cm³/mol. The second kappa shape index (κ2) is 4.55. The molecule has 0 saturated heterocycles. The molecular formula is C11H14F3N. The summed E-state index contributed by atoms with van der Waals surface area (Å²) in [5, 5.41) is 3.06. The van der Waals surface area contributed by atoms with Gasteiger partial charge in [-0.2, -0.15) is 13.2 Å². The Bertz CT molecular complexity index is 301. The first-order valence-electron chi connectivity index (χ1n) is 4.80. The number of hydrogen-bond donors (Lipinski definition) is 1. The Morgan fingerprint density at radius 1 is 1.13 bits per heavy atom. The molecule has 0 saturated carbocycles. The summed E-state index contributed by atoms with van der Waals surface area (Å²) in [5.41, 5.74) is 0.106. The van der Waals surface area contributed by atoms with Gasteiger partial charge in [0.15, 0.2) is 0 Å². The molecule has 0 aliphatic rings. The molecule has 0 aliphatic carbocycles. The van der Waals surface area contributed by atoms with E-state index in [1.54, 1.807) is 0 Å². The van der Waals surface area contributed by atoms with Crippen molar-refractivity contribution < 1.29 is 13.2 Å². The lowest BCUT2D eigenvalue weighted by atomic mass is 10.2. The number of rotatable bonds is 3. The van der Waals surface area contributed by atoms with E-state index < -0.39 is 11.7 Å². The molecule has 1 N–H and O–H groups in total. The standard InChI is InChI=1S/C11H14F3N/c1-8(2)7-15-10-5-3-9(4-6-10)11(12,13)14/h3-6,8,15H,7H2,1-2H3. The number of halogens is 3. The third kappa shape index (κ3) is 3.81. The molecule has 0 radical (unpaired) electrons. The normalized spacial score (nSPS) is 11.9. The van der Waals surface area contributed by atoms with Crippen LogP contribution < -0.4 is 5.32 Å². The van der Waals surface area contributed by atoms with Crippen LogP contribution in [0.4, 0.5) is 18.9 Å². The van der Waals surface area contributed by atoms with Crippen molar-refractivity contribution in [3.8, 4) is 0 Å². The van der Waals surface area contributed by atoms with Gasteiger partial charge in [-0.05, 0) is 30.2 Å². The fourth-order valence-corrected chi connectivity index (χ4v) is 1.10. The van der Waals surface area contributed by atoms with Crippen LogP contribution in [-0.2, 0) is 6.18 Å². The molecule has 0 aliphatic heterocycles. The minimum absolute atomic E-state index is 0.465. The van der Waals surface area contributed by atoms with E-state index in [4.69, 9.17) is 0 Å². The molecule has 1 aromatic rings. The van der Waals surface area contributed by atoms with Gasteiger partial charge in [0.2, 0.25) is 0 Å². The van der Waals surface area contributed by atoms with Crippen LogP contribution in [0.3, 0.4) is 0 Å². The zero-order valence-electron chi connectivity index (χ0n) is 8.73. The zero-order chi connectivity index (χ0) is 11.5. The summed E-state index contributed by atoms with van der Waals surface area (Å²) in [6, 6.07) is 5.07. The molecule has 4 heteroatoms. The molecule has 1 aromatic carbocycles. The van der Waals surface area contributed by atoms with Crippen LogP contribution in [0.15, 0.2) is 24.3 Å². The highest BCUT2D eigenvalue weighted by Crippen LogP contribution is 2.29. The minimum Gasteiger partial charge on any atom is -0.385 e. The SMILES string of the molecule is CC(C)CNc1ccc(C(F)(F)F)cc1. The maximum Gasteiger partial charge on any atom is 0.416 e. The third-order valence-corrected chi connectivity index (χ3v) is 1.93. The van der Waals surface area contributed by atoms with Crippen LogP contribution in [-0.4, -0.2) is 6.54 Å². The summed E-state index contributed by atoms with van der Waals surface area (Å²) < 4.78 is 36.6. The highest BCUT2D eigenvalue weighted by Gasteiger charge is 2.29. The van der Waals surface area contributed by atoms with Gasteiger partial charge in [-0.15, -0.1) is 0 Å². The monoisotopic (exact) mass is 217 g/mol. The van der Waals surface area contributed by atoms with Crippen LogP contribution in [0.1, 0.15) is 19.4 Å². The Hall–Kier alpha value is -1.19. The van der Waals surface area contributed by atoms with E-state index in [1.807, 2.05) is 13.8 Å². The number of alkyl halides is 3. The average Bonchev–Trinajstić information content (AvgIpc) is 2.14. The van der Waals surface area contributed by atoms with Gasteiger partial charge in [0.25, 0.3) is 0 Å². The summed E-state index contributed by atoms with van der Waals surface area (Å²) in [4.78, 5) is 0. The van der Waals surface area contributed by atoms with Crippen LogP contribution in [0.2, 0.25) is 0 Å². The summed E-state index contributed by atoms with van der Waals surface area (Å²) in [6.45, 7) is 4.83. The average molecular weight is 217 g/mol. The molecule has 1 rings (SSSR count). The van der Waals surface area contributed by atoms with E-state index in [0.29, 0.717) is 5.92 Å². The van der Waals surface area contributed by atoms with Gasteiger partial charge < -0.3 is 5.32 Å². The van der Waals surface area contributed by atoms with E-state index in [1.165, 1.54) is 12.1 Å². The Balaban J connectivity index is 2.65. The fraction of sp³-hybridized carbons (Fsp3) is 0.455. The highest BCUT2D eigenvalue weighted by molar-refractivity contribution is 5.45. The molecule has 1 nitrogen and oxygen atoms in total. The summed E-state index contributed by atoms with van der Waals surface area (Å²) in [6.07, 6.45) is -4.25. The van der Waals surface area contributed by atoms with Gasteiger partial charge in [0, 0.05) is 12.2 Å². The largest absolute Gasteiger partial charge is 0.416 e. The first-order chi connectivity index (χ1) is 6.89. The van der Waals surface area contributed by atoms with Gasteiger partial charge >= 0.3 is 6.18 Å². The van der Waals surface area contributed by atoms with E-state index in [0.717, 1.165) is 24.4 Å². The second-order valence-electron chi connectivity index (χ2n) is 3.85. The Kier molecular flexibility index (Phi) is 3.61. The molecule has 0 unspecified atom stereocenters. The lowest BCUT2D eigenvalue weighted by molar-refractivity contribution is -0.137. The third-order valence-electron chi connectivity index (χ3n) is 1.93. The minimum atomic E-state index is -4.25. The van der Waals surface area contributed by atoms with E-state index in [-0.39, 0.29) is 0 Å². The first-order valence-corrected chi connectivity index (χ1v) is 4.80. The Labute approximate surface area is 87.3 Å². The topological polar surface area (TPSA) is 12.0 Å². The van der Waals surface area contributed by atoms with Gasteiger partial charge in [-0.3, -0.25) is 0 Å². The van der Waals surface area contributed by atoms with Gasteiger partial charge in [-0.1, -0.05) is 13.8 Å². The molecule has 0 bridgehead atoms. The molecule has 0 amide bonds. The van der Waals surface area contributed by atoms with Crippen molar-refractivity contribution >= 4 is 5.69 Å². The van der Waals surface area contributed by atoms with Crippen LogP contribution >= 0.6 is 0 Å². The van der Waals surface area contributed by atoms with E-state index in [9.17, 15) is 13.2 Å². The van der Waals surface area contributed by atoms with E-state index >= 15 is 0 Å². The van der Waals surface area contributed by atoms with Crippen LogP contribution in [0.5, 0.6) is 0 Å². The first kappa shape index (κ1) is 11.9. The number of hydrogen-bond acceptors (Lipinski definition) is 1. The smallest absolute Gasteiger partial charge is 0.385 e. The molecule has 0 atom stereocenters. The predicted octanol–water partition coefficient (Wildman–Crippen LogP) is 3.77. The highest BCUT2D eigenvalue weighted by atomic mass is 19.4. The van der Waals surface area contributed by atoms with Crippen molar-refractivity contribution in [3.63, 3.8) is 0 Å². The molecule has 0 spiro atoms. The number of benzene rings is 1. The van der Waals surface area contributed by atoms with Crippen LogP contribution in [0, 0.1) is 5.92 Å². The van der Waals surface area contributed by atoms with Crippen molar-refractivity contribution in [1.82, 2.24) is 0 Å². The molecule has 0 fully saturated rings.